The molecule has 0 amide bonds. The summed E-state index contributed by atoms with van der Waals surface area (Å²) in [7, 11) is 0. The van der Waals surface area contributed by atoms with Crippen LogP contribution in [0.1, 0.15) is 61.1 Å². The van der Waals surface area contributed by atoms with Gasteiger partial charge in [-0.15, -0.1) is 5.10 Å². The number of ketones is 1. The van der Waals surface area contributed by atoms with Gasteiger partial charge in [-0.2, -0.15) is 0 Å². The molecule has 5 heteroatoms. The second kappa shape index (κ2) is 7.56. The number of carbonyl (C=O) groups is 1. The molecule has 0 aliphatic carbocycles. The van der Waals surface area contributed by atoms with Crippen LogP contribution in [-0.2, 0) is 22.5 Å². The maximum Gasteiger partial charge on any atom is 0.143 e. The smallest absolute Gasteiger partial charge is 0.143 e. The summed E-state index contributed by atoms with van der Waals surface area (Å²) in [5.74, 6) is 0.792. The molecule has 0 unspecified atom stereocenters. The lowest BCUT2D eigenvalue weighted by molar-refractivity contribution is -0.137. The third-order valence-electron chi connectivity index (χ3n) is 3.76. The van der Waals surface area contributed by atoms with Crippen LogP contribution in [0.15, 0.2) is 6.20 Å². The van der Waals surface area contributed by atoms with Crippen molar-refractivity contribution in [1.29, 1.82) is 0 Å². The van der Waals surface area contributed by atoms with Crippen molar-refractivity contribution in [2.24, 2.45) is 17.3 Å². The monoisotopic (exact) mass is 323 g/mol. The molecule has 0 bridgehead atoms. The van der Waals surface area contributed by atoms with Crippen LogP contribution in [0.2, 0.25) is 0 Å². The molecular weight excluding hydrogens is 290 g/mol. The largest absolute Gasteiger partial charge is 0.374 e. The zero-order chi connectivity index (χ0) is 17.8. The maximum atomic E-state index is 12.2. The van der Waals surface area contributed by atoms with E-state index in [1.54, 1.807) is 0 Å². The van der Waals surface area contributed by atoms with E-state index in [-0.39, 0.29) is 17.3 Å². The van der Waals surface area contributed by atoms with Crippen molar-refractivity contribution in [2.45, 2.75) is 74.0 Å². The van der Waals surface area contributed by atoms with Gasteiger partial charge in [-0.3, -0.25) is 9.48 Å². The molecule has 0 aliphatic rings. The van der Waals surface area contributed by atoms with Crippen LogP contribution in [0.25, 0.3) is 0 Å². The molecule has 0 radical (unpaired) electrons. The number of Topliss-reactive ketones (excluding diaryl/α,β-unsaturated/α-hetero) is 1. The molecule has 132 valence electrons. The molecule has 1 rings (SSSR count). The fourth-order valence-electron chi connectivity index (χ4n) is 2.60. The Morgan fingerprint density at radius 2 is 1.83 bits per heavy atom. The third-order valence-corrected chi connectivity index (χ3v) is 3.76. The summed E-state index contributed by atoms with van der Waals surface area (Å²) in [5.41, 5.74) is 0.0668. The Kier molecular flexibility index (Phi) is 6.51. The molecule has 0 saturated heterocycles. The molecular formula is C18H33N3O2. The number of hydrogen-bond acceptors (Lipinski definition) is 4. The van der Waals surface area contributed by atoms with E-state index in [1.165, 1.54) is 0 Å². The lowest BCUT2D eigenvalue weighted by Crippen LogP contribution is -2.38. The normalized spacial score (nSPS) is 13.1. The Balaban J connectivity index is 2.62. The highest BCUT2D eigenvalue weighted by molar-refractivity contribution is 5.85. The predicted molar refractivity (Wildman–Crippen MR) is 92.2 cm³/mol. The molecule has 23 heavy (non-hydrogen) atoms. The minimum Gasteiger partial charge on any atom is -0.374 e. The molecule has 0 fully saturated rings. The fourth-order valence-corrected chi connectivity index (χ4v) is 2.60. The Bertz CT molecular complexity index is 516. The molecule has 1 aromatic rings. The molecule has 1 aromatic heterocycles. The lowest BCUT2D eigenvalue weighted by atomic mass is 9.83. The Hall–Kier alpha value is -1.23. The Morgan fingerprint density at radius 3 is 2.35 bits per heavy atom. The van der Waals surface area contributed by atoms with Crippen molar-refractivity contribution in [3.63, 3.8) is 0 Å². The zero-order valence-electron chi connectivity index (χ0n) is 16.0. The first kappa shape index (κ1) is 19.8. The van der Waals surface area contributed by atoms with E-state index < -0.39 is 5.41 Å². The Morgan fingerprint density at radius 1 is 1.22 bits per heavy atom. The maximum absolute atomic E-state index is 12.2. The summed E-state index contributed by atoms with van der Waals surface area (Å²) in [6.45, 7) is 17.4. The molecule has 1 heterocycles. The summed E-state index contributed by atoms with van der Waals surface area (Å²) < 4.78 is 7.94. The highest BCUT2D eigenvalue weighted by Gasteiger charge is 2.32. The van der Waals surface area contributed by atoms with E-state index in [4.69, 9.17) is 4.74 Å². The van der Waals surface area contributed by atoms with E-state index in [0.29, 0.717) is 18.9 Å². The van der Waals surface area contributed by atoms with Crippen LogP contribution in [-0.4, -0.2) is 33.0 Å². The summed E-state index contributed by atoms with van der Waals surface area (Å²) in [5, 5.41) is 8.39. The number of nitrogens with zero attached hydrogens (tertiary/aromatic N) is 3. The molecule has 5 nitrogen and oxygen atoms in total. The van der Waals surface area contributed by atoms with Crippen molar-refractivity contribution in [3.8, 4) is 0 Å². The minimum absolute atomic E-state index is 0.0210. The zero-order valence-corrected chi connectivity index (χ0v) is 16.0. The molecule has 0 saturated carbocycles. The Labute approximate surface area is 140 Å². The lowest BCUT2D eigenvalue weighted by Gasteiger charge is -2.31. The van der Waals surface area contributed by atoms with Gasteiger partial charge in [0.15, 0.2) is 0 Å². The van der Waals surface area contributed by atoms with E-state index in [9.17, 15) is 4.79 Å². The molecule has 0 aromatic carbocycles. The minimum atomic E-state index is -0.472. The quantitative estimate of drug-likeness (QED) is 0.697. The third kappa shape index (κ3) is 6.42. The van der Waals surface area contributed by atoms with E-state index in [2.05, 4.69) is 24.2 Å². The summed E-state index contributed by atoms with van der Waals surface area (Å²) in [6.07, 6.45) is 2.66. The first-order valence-electron chi connectivity index (χ1n) is 8.50. The van der Waals surface area contributed by atoms with E-state index in [1.807, 2.05) is 52.4 Å². The van der Waals surface area contributed by atoms with Gasteiger partial charge in [-0.1, -0.05) is 46.8 Å². The second-order valence-corrected chi connectivity index (χ2v) is 8.45. The van der Waals surface area contributed by atoms with Gasteiger partial charge in [0.25, 0.3) is 0 Å². The van der Waals surface area contributed by atoms with Crippen LogP contribution in [0.3, 0.4) is 0 Å². The summed E-state index contributed by atoms with van der Waals surface area (Å²) >= 11 is 0. The highest BCUT2D eigenvalue weighted by atomic mass is 16.5. The highest BCUT2D eigenvalue weighted by Crippen LogP contribution is 2.25. The number of rotatable bonds is 9. The van der Waals surface area contributed by atoms with E-state index in [0.717, 1.165) is 12.2 Å². The van der Waals surface area contributed by atoms with Gasteiger partial charge in [0.2, 0.25) is 0 Å². The van der Waals surface area contributed by atoms with Crippen molar-refractivity contribution >= 4 is 5.78 Å². The number of carbonyl (C=O) groups excluding carboxylic acids is 1. The van der Waals surface area contributed by atoms with Crippen LogP contribution in [0.5, 0.6) is 0 Å². The number of ether oxygens (including phenoxy) is 1. The summed E-state index contributed by atoms with van der Waals surface area (Å²) in [4.78, 5) is 12.2. The number of hydrogen-bond donors (Lipinski definition) is 0. The van der Waals surface area contributed by atoms with Gasteiger partial charge in [-0.05, 0) is 19.8 Å². The van der Waals surface area contributed by atoms with Gasteiger partial charge in [0, 0.05) is 30.5 Å². The molecule has 0 N–H and O–H groups in total. The SMILES string of the molecule is CC(C)Cn1cc(CC(C)(C)OCC(C)(C)C(=O)C(C)C)nn1. The van der Waals surface area contributed by atoms with Crippen molar-refractivity contribution in [3.05, 3.63) is 11.9 Å². The van der Waals surface area contributed by atoms with Crippen LogP contribution < -0.4 is 0 Å². The molecule has 0 aliphatic heterocycles. The van der Waals surface area contributed by atoms with Gasteiger partial charge >= 0.3 is 0 Å². The average molecular weight is 323 g/mol. The van der Waals surface area contributed by atoms with Crippen LogP contribution in [0, 0.1) is 17.3 Å². The molecule has 0 spiro atoms. The van der Waals surface area contributed by atoms with Crippen LogP contribution in [0.4, 0.5) is 0 Å². The first-order chi connectivity index (χ1) is 10.4. The van der Waals surface area contributed by atoms with Crippen molar-refractivity contribution < 1.29 is 9.53 Å². The van der Waals surface area contributed by atoms with E-state index >= 15 is 0 Å². The van der Waals surface area contributed by atoms with Crippen LogP contribution >= 0.6 is 0 Å². The number of aromatic nitrogens is 3. The van der Waals surface area contributed by atoms with Gasteiger partial charge in [0.05, 0.1) is 17.9 Å². The van der Waals surface area contributed by atoms with Gasteiger partial charge < -0.3 is 4.74 Å². The van der Waals surface area contributed by atoms with Gasteiger partial charge in [-0.25, -0.2) is 0 Å². The summed E-state index contributed by atoms with van der Waals surface area (Å²) in [6, 6.07) is 0. The molecule has 0 atom stereocenters. The van der Waals surface area contributed by atoms with Crippen molar-refractivity contribution in [2.75, 3.05) is 6.61 Å². The second-order valence-electron chi connectivity index (χ2n) is 8.45. The average Bonchev–Trinajstić information content (AvgIpc) is 2.81. The standard InChI is InChI=1S/C18H33N3O2/c1-13(2)10-21-11-15(19-20-21)9-18(7,8)23-12-17(5,6)16(22)14(3)4/h11,13-14H,9-10,12H2,1-8H3. The van der Waals surface area contributed by atoms with Crippen molar-refractivity contribution in [1.82, 2.24) is 15.0 Å². The predicted octanol–water partition coefficient (Wildman–Crippen LogP) is 3.52. The fraction of sp³-hybridized carbons (Fsp3) is 0.833. The topological polar surface area (TPSA) is 57.0 Å². The van der Waals surface area contributed by atoms with Gasteiger partial charge in [0.1, 0.15) is 5.78 Å². The first-order valence-corrected chi connectivity index (χ1v) is 8.50.